The summed E-state index contributed by atoms with van der Waals surface area (Å²) in [7, 11) is 0. The highest BCUT2D eigenvalue weighted by atomic mass is 19.1. The van der Waals surface area contributed by atoms with E-state index in [1.54, 1.807) is 24.4 Å². The fourth-order valence-corrected chi connectivity index (χ4v) is 1.34. The van der Waals surface area contributed by atoms with E-state index in [-0.39, 0.29) is 5.82 Å². The summed E-state index contributed by atoms with van der Waals surface area (Å²) in [5.41, 5.74) is 3.38. The Kier molecular flexibility index (Phi) is 3.52. The zero-order chi connectivity index (χ0) is 12.1. The Hall–Kier alpha value is -2.14. The predicted molar refractivity (Wildman–Crippen MR) is 62.8 cm³/mol. The maximum atomic E-state index is 12.7. The second kappa shape index (κ2) is 5.27. The zero-order valence-electron chi connectivity index (χ0n) is 9.06. The molecule has 0 aliphatic carbocycles. The van der Waals surface area contributed by atoms with Gasteiger partial charge in [-0.05, 0) is 42.0 Å². The molecule has 4 nitrogen and oxygen atoms in total. The number of aromatic nitrogens is 1. The third-order valence-electron chi connectivity index (χ3n) is 2.19. The van der Waals surface area contributed by atoms with Crippen LogP contribution in [0.4, 0.5) is 10.2 Å². The molecular weight excluding hydrogens is 221 g/mol. The molecule has 0 saturated carbocycles. The molecule has 1 heterocycles. The Bertz CT molecular complexity index is 487. The molecule has 2 aromatic rings. The maximum absolute atomic E-state index is 12.7. The van der Waals surface area contributed by atoms with Crippen LogP contribution in [0.1, 0.15) is 5.56 Å². The predicted octanol–water partition coefficient (Wildman–Crippen LogP) is 2.09. The number of nitrogens with two attached hydrogens (primary N) is 1. The van der Waals surface area contributed by atoms with Crippen LogP contribution in [0.3, 0.4) is 0 Å². The SMILES string of the molecule is NNc1cc(COc2ccc(F)cc2)ccn1. The Morgan fingerprint density at radius 2 is 2.00 bits per heavy atom. The van der Waals surface area contributed by atoms with E-state index in [0.29, 0.717) is 18.2 Å². The van der Waals surface area contributed by atoms with Crippen molar-refractivity contribution in [3.05, 3.63) is 54.0 Å². The minimum absolute atomic E-state index is 0.282. The van der Waals surface area contributed by atoms with Crippen molar-refractivity contribution in [3.8, 4) is 5.75 Å². The summed E-state index contributed by atoms with van der Waals surface area (Å²) in [6.45, 7) is 0.378. The van der Waals surface area contributed by atoms with Crippen molar-refractivity contribution in [2.45, 2.75) is 6.61 Å². The van der Waals surface area contributed by atoms with Gasteiger partial charge in [0.05, 0.1) is 0 Å². The van der Waals surface area contributed by atoms with E-state index in [2.05, 4.69) is 10.4 Å². The molecule has 1 aromatic carbocycles. The fourth-order valence-electron chi connectivity index (χ4n) is 1.34. The second-order valence-corrected chi connectivity index (χ2v) is 3.44. The second-order valence-electron chi connectivity index (χ2n) is 3.44. The van der Waals surface area contributed by atoms with Crippen LogP contribution >= 0.6 is 0 Å². The van der Waals surface area contributed by atoms with Gasteiger partial charge in [0.15, 0.2) is 0 Å². The number of nitrogens with one attached hydrogen (secondary N) is 1. The van der Waals surface area contributed by atoms with Crippen LogP contribution < -0.4 is 16.0 Å². The molecule has 17 heavy (non-hydrogen) atoms. The average molecular weight is 233 g/mol. The smallest absolute Gasteiger partial charge is 0.140 e. The number of ether oxygens (including phenoxy) is 1. The molecule has 0 aliphatic rings. The van der Waals surface area contributed by atoms with Gasteiger partial charge in [0, 0.05) is 6.20 Å². The highest BCUT2D eigenvalue weighted by molar-refractivity contribution is 5.35. The van der Waals surface area contributed by atoms with Crippen LogP contribution in [0.5, 0.6) is 5.75 Å². The number of rotatable bonds is 4. The third kappa shape index (κ3) is 3.15. The summed E-state index contributed by atoms with van der Waals surface area (Å²) in [6, 6.07) is 9.48. The molecule has 0 unspecified atom stereocenters. The lowest BCUT2D eigenvalue weighted by Gasteiger charge is -2.07. The number of nitrogens with zero attached hydrogens (tertiary/aromatic N) is 1. The Labute approximate surface area is 98.2 Å². The van der Waals surface area contributed by atoms with Crippen molar-refractivity contribution in [1.29, 1.82) is 0 Å². The standard InChI is InChI=1S/C12H12FN3O/c13-10-1-3-11(4-2-10)17-8-9-5-6-15-12(7-9)16-14/h1-7H,8,14H2,(H,15,16). The number of nitrogen functional groups attached to an aromatic ring is 1. The first-order chi connectivity index (χ1) is 8.28. The van der Waals surface area contributed by atoms with Gasteiger partial charge < -0.3 is 10.2 Å². The lowest BCUT2D eigenvalue weighted by Crippen LogP contribution is -2.09. The van der Waals surface area contributed by atoms with E-state index in [9.17, 15) is 4.39 Å². The van der Waals surface area contributed by atoms with E-state index in [0.717, 1.165) is 5.56 Å². The first-order valence-electron chi connectivity index (χ1n) is 5.08. The Morgan fingerprint density at radius 1 is 1.24 bits per heavy atom. The molecule has 0 spiro atoms. The normalized spacial score (nSPS) is 10.0. The quantitative estimate of drug-likeness (QED) is 0.627. The van der Waals surface area contributed by atoms with E-state index in [1.807, 2.05) is 6.07 Å². The fraction of sp³-hybridized carbons (Fsp3) is 0.0833. The van der Waals surface area contributed by atoms with Crippen molar-refractivity contribution in [1.82, 2.24) is 4.98 Å². The molecule has 0 fully saturated rings. The van der Waals surface area contributed by atoms with Gasteiger partial charge in [0.25, 0.3) is 0 Å². The van der Waals surface area contributed by atoms with Crippen LogP contribution in [0, 0.1) is 5.82 Å². The molecule has 1 aromatic heterocycles. The molecule has 2 rings (SSSR count). The summed E-state index contributed by atoms with van der Waals surface area (Å²) in [4.78, 5) is 3.98. The minimum Gasteiger partial charge on any atom is -0.489 e. The topological polar surface area (TPSA) is 60.2 Å². The Morgan fingerprint density at radius 3 is 2.71 bits per heavy atom. The van der Waals surface area contributed by atoms with Gasteiger partial charge in [-0.15, -0.1) is 0 Å². The molecule has 0 amide bonds. The number of hydrogen-bond donors (Lipinski definition) is 2. The summed E-state index contributed by atoms with van der Waals surface area (Å²) in [5.74, 6) is 6.16. The van der Waals surface area contributed by atoms with Crippen molar-refractivity contribution in [2.24, 2.45) is 5.84 Å². The summed E-state index contributed by atoms with van der Waals surface area (Å²) >= 11 is 0. The molecular formula is C12H12FN3O. The van der Waals surface area contributed by atoms with Crippen molar-refractivity contribution in [3.63, 3.8) is 0 Å². The van der Waals surface area contributed by atoms with Gasteiger partial charge in [-0.1, -0.05) is 0 Å². The van der Waals surface area contributed by atoms with E-state index >= 15 is 0 Å². The highest BCUT2D eigenvalue weighted by Gasteiger charge is 1.98. The first kappa shape index (κ1) is 11.3. The molecule has 0 aliphatic heterocycles. The third-order valence-corrected chi connectivity index (χ3v) is 2.19. The molecule has 3 N–H and O–H groups in total. The Balaban J connectivity index is 1.99. The first-order valence-corrected chi connectivity index (χ1v) is 5.08. The molecule has 0 saturated heterocycles. The van der Waals surface area contributed by atoms with E-state index < -0.39 is 0 Å². The van der Waals surface area contributed by atoms with E-state index in [1.165, 1.54) is 12.1 Å². The van der Waals surface area contributed by atoms with Gasteiger partial charge in [-0.3, -0.25) is 0 Å². The molecule has 0 radical (unpaired) electrons. The molecule has 0 atom stereocenters. The van der Waals surface area contributed by atoms with Crippen LogP contribution in [-0.2, 0) is 6.61 Å². The van der Waals surface area contributed by atoms with Gasteiger partial charge in [0.1, 0.15) is 24.0 Å². The number of pyridine rings is 1. The van der Waals surface area contributed by atoms with Gasteiger partial charge >= 0.3 is 0 Å². The zero-order valence-corrected chi connectivity index (χ0v) is 9.06. The number of anilines is 1. The van der Waals surface area contributed by atoms with Crippen molar-refractivity contribution in [2.75, 3.05) is 5.43 Å². The summed E-state index contributed by atoms with van der Waals surface area (Å²) in [5, 5.41) is 0. The largest absolute Gasteiger partial charge is 0.489 e. The van der Waals surface area contributed by atoms with Crippen molar-refractivity contribution >= 4 is 5.82 Å². The minimum atomic E-state index is -0.282. The lowest BCUT2D eigenvalue weighted by atomic mass is 10.3. The molecule has 5 heteroatoms. The van der Waals surface area contributed by atoms with Crippen LogP contribution in [0.25, 0.3) is 0 Å². The lowest BCUT2D eigenvalue weighted by molar-refractivity contribution is 0.305. The van der Waals surface area contributed by atoms with Crippen LogP contribution in [0.15, 0.2) is 42.6 Å². The van der Waals surface area contributed by atoms with Crippen LogP contribution in [0.2, 0.25) is 0 Å². The number of hydrazine groups is 1. The number of halogens is 1. The summed E-state index contributed by atoms with van der Waals surface area (Å²) < 4.78 is 18.1. The van der Waals surface area contributed by atoms with Gasteiger partial charge in [-0.2, -0.15) is 0 Å². The van der Waals surface area contributed by atoms with Gasteiger partial charge in [0.2, 0.25) is 0 Å². The van der Waals surface area contributed by atoms with Crippen LogP contribution in [-0.4, -0.2) is 4.98 Å². The molecule has 88 valence electrons. The van der Waals surface area contributed by atoms with E-state index in [4.69, 9.17) is 10.6 Å². The maximum Gasteiger partial charge on any atom is 0.140 e. The monoisotopic (exact) mass is 233 g/mol. The van der Waals surface area contributed by atoms with Gasteiger partial charge in [-0.25, -0.2) is 15.2 Å². The van der Waals surface area contributed by atoms with Crippen molar-refractivity contribution < 1.29 is 9.13 Å². The average Bonchev–Trinajstić information content (AvgIpc) is 2.38. The molecule has 0 bridgehead atoms. The number of benzene rings is 1. The number of hydrogen-bond acceptors (Lipinski definition) is 4. The summed E-state index contributed by atoms with van der Waals surface area (Å²) in [6.07, 6.45) is 1.64. The highest BCUT2D eigenvalue weighted by Crippen LogP contribution is 2.14.